The Morgan fingerprint density at radius 1 is 1.04 bits per heavy atom. The molecule has 146 valence electrons. The summed E-state index contributed by atoms with van der Waals surface area (Å²) in [6.45, 7) is 2.72. The zero-order valence-electron chi connectivity index (χ0n) is 15.7. The van der Waals surface area contributed by atoms with E-state index in [1.54, 1.807) is 29.2 Å². The van der Waals surface area contributed by atoms with Crippen molar-refractivity contribution < 1.29 is 28.6 Å². The normalized spacial score (nSPS) is 16.0. The Morgan fingerprint density at radius 2 is 1.68 bits per heavy atom. The Labute approximate surface area is 162 Å². The summed E-state index contributed by atoms with van der Waals surface area (Å²) in [7, 11) is 1.30. The first-order valence-corrected chi connectivity index (χ1v) is 8.95. The van der Waals surface area contributed by atoms with E-state index in [4.69, 9.17) is 9.47 Å². The predicted molar refractivity (Wildman–Crippen MR) is 101 cm³/mol. The van der Waals surface area contributed by atoms with Crippen LogP contribution in [0.4, 0.5) is 5.69 Å². The molecule has 2 aromatic carbocycles. The fourth-order valence-electron chi connectivity index (χ4n) is 2.98. The third-order valence-corrected chi connectivity index (χ3v) is 4.41. The van der Waals surface area contributed by atoms with E-state index in [9.17, 15) is 14.4 Å². The van der Waals surface area contributed by atoms with E-state index in [1.165, 1.54) is 31.4 Å². The molecular weight excluding hydrogens is 362 g/mol. The number of amides is 1. The van der Waals surface area contributed by atoms with Gasteiger partial charge in [0, 0.05) is 18.7 Å². The first-order valence-electron chi connectivity index (χ1n) is 8.95. The number of methoxy groups -OCH3 is 1. The number of benzene rings is 2. The molecule has 0 radical (unpaired) electrons. The minimum absolute atomic E-state index is 0.0896. The molecule has 0 aromatic heterocycles. The molecule has 1 heterocycles. The van der Waals surface area contributed by atoms with Gasteiger partial charge in [-0.2, -0.15) is 0 Å². The van der Waals surface area contributed by atoms with Crippen LogP contribution in [-0.2, 0) is 14.3 Å². The molecule has 1 fully saturated rings. The summed E-state index contributed by atoms with van der Waals surface area (Å²) in [5, 5.41) is 0. The quantitative estimate of drug-likeness (QED) is 0.564. The van der Waals surface area contributed by atoms with E-state index < -0.39 is 17.9 Å². The minimum atomic E-state index is -0.556. The number of nitrogens with zero attached hydrogens (tertiary/aromatic N) is 1. The summed E-state index contributed by atoms with van der Waals surface area (Å²) >= 11 is 0. The molecule has 1 aliphatic heterocycles. The predicted octanol–water partition coefficient (Wildman–Crippen LogP) is 2.83. The van der Waals surface area contributed by atoms with Crippen molar-refractivity contribution in [3.63, 3.8) is 0 Å². The van der Waals surface area contributed by atoms with Crippen LogP contribution in [0.3, 0.4) is 0 Å². The SMILES string of the molecule is CCOc1ccc(N2CC(C(=O)Oc3ccc(C(=O)OC)cc3)CC2=O)cc1. The van der Waals surface area contributed by atoms with Crippen molar-refractivity contribution in [2.75, 3.05) is 25.2 Å². The van der Waals surface area contributed by atoms with Crippen molar-refractivity contribution in [3.8, 4) is 11.5 Å². The maximum atomic E-state index is 12.4. The molecule has 0 aliphatic carbocycles. The Bertz CT molecular complexity index is 859. The van der Waals surface area contributed by atoms with Crippen molar-refractivity contribution in [2.24, 2.45) is 5.92 Å². The monoisotopic (exact) mass is 383 g/mol. The van der Waals surface area contributed by atoms with Gasteiger partial charge in [0.1, 0.15) is 11.5 Å². The molecule has 2 aromatic rings. The molecule has 0 bridgehead atoms. The maximum Gasteiger partial charge on any atom is 0.337 e. The highest BCUT2D eigenvalue weighted by Crippen LogP contribution is 2.28. The second-order valence-corrected chi connectivity index (χ2v) is 6.27. The van der Waals surface area contributed by atoms with Gasteiger partial charge in [0.05, 0.1) is 25.2 Å². The van der Waals surface area contributed by atoms with Crippen LogP contribution in [0.25, 0.3) is 0 Å². The van der Waals surface area contributed by atoms with Crippen molar-refractivity contribution in [3.05, 3.63) is 54.1 Å². The first kappa shape index (κ1) is 19.4. The summed E-state index contributed by atoms with van der Waals surface area (Å²) in [5.41, 5.74) is 1.08. The fraction of sp³-hybridized carbons (Fsp3) is 0.286. The number of carbonyl (C=O) groups excluding carboxylic acids is 3. The van der Waals surface area contributed by atoms with Gasteiger partial charge >= 0.3 is 11.9 Å². The van der Waals surface area contributed by atoms with Gasteiger partial charge in [0.2, 0.25) is 5.91 Å². The fourth-order valence-corrected chi connectivity index (χ4v) is 2.98. The van der Waals surface area contributed by atoms with Crippen molar-refractivity contribution >= 4 is 23.5 Å². The minimum Gasteiger partial charge on any atom is -0.494 e. The van der Waals surface area contributed by atoms with E-state index in [-0.39, 0.29) is 18.9 Å². The lowest BCUT2D eigenvalue weighted by molar-refractivity contribution is -0.139. The van der Waals surface area contributed by atoms with Crippen LogP contribution in [0.15, 0.2) is 48.5 Å². The molecule has 0 spiro atoms. The standard InChI is InChI=1S/C21H21NO6/c1-3-27-17-10-6-16(7-11-17)22-13-15(12-19(22)23)21(25)28-18-8-4-14(5-9-18)20(24)26-2/h4-11,15H,3,12-13H2,1-2H3. The van der Waals surface area contributed by atoms with Crippen LogP contribution in [0, 0.1) is 5.92 Å². The van der Waals surface area contributed by atoms with Gasteiger partial charge in [0.15, 0.2) is 0 Å². The number of carbonyl (C=O) groups is 3. The van der Waals surface area contributed by atoms with Crippen LogP contribution < -0.4 is 14.4 Å². The molecular formula is C21H21NO6. The lowest BCUT2D eigenvalue weighted by Gasteiger charge is -2.17. The van der Waals surface area contributed by atoms with Crippen molar-refractivity contribution in [1.29, 1.82) is 0 Å². The molecule has 1 amide bonds. The number of anilines is 1. The highest BCUT2D eigenvalue weighted by molar-refractivity contribution is 5.99. The molecule has 0 N–H and O–H groups in total. The van der Waals surface area contributed by atoms with Crippen LogP contribution in [0.1, 0.15) is 23.7 Å². The summed E-state index contributed by atoms with van der Waals surface area (Å²) in [6, 6.07) is 13.2. The third-order valence-electron chi connectivity index (χ3n) is 4.41. The van der Waals surface area contributed by atoms with E-state index >= 15 is 0 Å². The number of hydrogen-bond donors (Lipinski definition) is 0. The van der Waals surface area contributed by atoms with E-state index in [2.05, 4.69) is 4.74 Å². The summed E-state index contributed by atoms with van der Waals surface area (Å²) in [4.78, 5) is 37.8. The van der Waals surface area contributed by atoms with Gasteiger partial charge in [-0.15, -0.1) is 0 Å². The van der Waals surface area contributed by atoms with Gasteiger partial charge in [-0.1, -0.05) is 0 Å². The summed E-state index contributed by atoms with van der Waals surface area (Å²) in [5.74, 6) is -0.599. The topological polar surface area (TPSA) is 82.1 Å². The van der Waals surface area contributed by atoms with Crippen molar-refractivity contribution in [2.45, 2.75) is 13.3 Å². The van der Waals surface area contributed by atoms with Gasteiger partial charge in [-0.05, 0) is 55.5 Å². The second-order valence-electron chi connectivity index (χ2n) is 6.27. The van der Waals surface area contributed by atoms with Crippen LogP contribution in [0.2, 0.25) is 0 Å². The molecule has 7 heteroatoms. The lowest BCUT2D eigenvalue weighted by atomic mass is 10.1. The molecule has 1 atom stereocenters. The molecule has 7 nitrogen and oxygen atoms in total. The number of rotatable bonds is 6. The summed E-state index contributed by atoms with van der Waals surface area (Å²) < 4.78 is 15.4. The Balaban J connectivity index is 1.62. The number of esters is 2. The molecule has 1 aliphatic rings. The molecule has 3 rings (SSSR count). The van der Waals surface area contributed by atoms with Gasteiger partial charge in [0.25, 0.3) is 0 Å². The molecule has 28 heavy (non-hydrogen) atoms. The molecule has 1 saturated heterocycles. The smallest absolute Gasteiger partial charge is 0.337 e. The largest absolute Gasteiger partial charge is 0.494 e. The van der Waals surface area contributed by atoms with Gasteiger partial charge in [-0.25, -0.2) is 4.79 Å². The van der Waals surface area contributed by atoms with E-state index in [0.29, 0.717) is 23.6 Å². The molecule has 0 saturated carbocycles. The first-order chi connectivity index (χ1) is 13.5. The van der Waals surface area contributed by atoms with Gasteiger partial charge in [-0.3, -0.25) is 9.59 Å². The summed E-state index contributed by atoms with van der Waals surface area (Å²) in [6.07, 6.45) is 0.0896. The third kappa shape index (κ3) is 4.31. The second kappa shape index (κ2) is 8.56. The Morgan fingerprint density at radius 3 is 2.29 bits per heavy atom. The Hall–Kier alpha value is -3.35. The lowest BCUT2D eigenvalue weighted by Crippen LogP contribution is -2.27. The average molecular weight is 383 g/mol. The van der Waals surface area contributed by atoms with E-state index in [0.717, 1.165) is 5.75 Å². The maximum absolute atomic E-state index is 12.4. The number of ether oxygens (including phenoxy) is 3. The van der Waals surface area contributed by atoms with Crippen molar-refractivity contribution in [1.82, 2.24) is 0 Å². The Kier molecular flexibility index (Phi) is 5.93. The van der Waals surface area contributed by atoms with Crippen LogP contribution in [0.5, 0.6) is 11.5 Å². The van der Waals surface area contributed by atoms with Crippen LogP contribution >= 0.6 is 0 Å². The number of hydrogen-bond acceptors (Lipinski definition) is 6. The highest BCUT2D eigenvalue weighted by atomic mass is 16.5. The van der Waals surface area contributed by atoms with Crippen LogP contribution in [-0.4, -0.2) is 38.1 Å². The zero-order valence-corrected chi connectivity index (χ0v) is 15.7. The average Bonchev–Trinajstić information content (AvgIpc) is 3.10. The highest BCUT2D eigenvalue weighted by Gasteiger charge is 2.36. The zero-order chi connectivity index (χ0) is 20.1. The van der Waals surface area contributed by atoms with Gasteiger partial charge < -0.3 is 19.1 Å². The van der Waals surface area contributed by atoms with E-state index in [1.807, 2.05) is 6.92 Å². The molecule has 1 unspecified atom stereocenters.